The van der Waals surface area contributed by atoms with Gasteiger partial charge in [-0.1, -0.05) is 6.08 Å². The van der Waals surface area contributed by atoms with E-state index in [1.165, 1.54) is 13.0 Å². The number of hydrogen-bond acceptors (Lipinski definition) is 2. The van der Waals surface area contributed by atoms with Crippen LogP contribution in [0.2, 0.25) is 0 Å². The minimum absolute atomic E-state index is 0.151. The van der Waals surface area contributed by atoms with Crippen LogP contribution in [0.1, 0.15) is 27.7 Å². The van der Waals surface area contributed by atoms with Gasteiger partial charge in [0, 0.05) is 18.3 Å². The lowest BCUT2D eigenvalue weighted by atomic mass is 10.3. The van der Waals surface area contributed by atoms with Gasteiger partial charge in [0.15, 0.2) is 0 Å². The van der Waals surface area contributed by atoms with Crippen molar-refractivity contribution >= 4 is 11.8 Å². The highest BCUT2D eigenvalue weighted by Gasteiger charge is 2.01. The van der Waals surface area contributed by atoms with Crippen LogP contribution in [0.15, 0.2) is 23.5 Å². The number of carbonyl (C=O) groups excluding carboxylic acids is 2. The fourth-order valence-electron chi connectivity index (χ4n) is 0.829. The van der Waals surface area contributed by atoms with Gasteiger partial charge < -0.3 is 10.6 Å². The summed E-state index contributed by atoms with van der Waals surface area (Å²) in [5.74, 6) is -0.350. The smallest absolute Gasteiger partial charge is 0.247 e. The Morgan fingerprint density at radius 1 is 1.00 bits per heavy atom. The fraction of sp³-hybridized carbons (Fsp3) is 0.400. The van der Waals surface area contributed by atoms with Crippen molar-refractivity contribution in [3.63, 3.8) is 0 Å². The molecule has 78 valence electrons. The Morgan fingerprint density at radius 2 is 1.50 bits per heavy atom. The molecule has 0 heterocycles. The minimum Gasteiger partial charge on any atom is -0.329 e. The number of amides is 2. The highest BCUT2D eigenvalue weighted by Crippen LogP contribution is 1.95. The van der Waals surface area contributed by atoms with E-state index < -0.39 is 0 Å². The zero-order valence-electron chi connectivity index (χ0n) is 8.97. The number of nitrogens with one attached hydrogen (secondary N) is 2. The molecular weight excluding hydrogens is 180 g/mol. The van der Waals surface area contributed by atoms with Crippen LogP contribution in [0, 0.1) is 0 Å². The quantitative estimate of drug-likeness (QED) is 0.663. The number of allylic oxidation sites excluding steroid dienone is 3. The first-order chi connectivity index (χ1) is 6.47. The van der Waals surface area contributed by atoms with Gasteiger partial charge in [0.05, 0.1) is 0 Å². The SMILES string of the molecule is C/C=C\C(=O)N/C(C)=C(/C)NC(C)=O. The van der Waals surface area contributed by atoms with E-state index in [1.54, 1.807) is 26.8 Å². The molecule has 0 saturated carbocycles. The van der Waals surface area contributed by atoms with Gasteiger partial charge in [-0.2, -0.15) is 0 Å². The van der Waals surface area contributed by atoms with Crippen molar-refractivity contribution in [2.45, 2.75) is 27.7 Å². The zero-order valence-corrected chi connectivity index (χ0v) is 8.97. The third-order valence-electron chi connectivity index (χ3n) is 1.55. The Bertz CT molecular complexity index is 290. The maximum atomic E-state index is 11.1. The van der Waals surface area contributed by atoms with Crippen molar-refractivity contribution in [1.82, 2.24) is 10.6 Å². The van der Waals surface area contributed by atoms with Crippen LogP contribution < -0.4 is 10.6 Å². The van der Waals surface area contributed by atoms with Gasteiger partial charge in [-0.3, -0.25) is 9.59 Å². The second-order valence-corrected chi connectivity index (χ2v) is 2.92. The first kappa shape index (κ1) is 12.4. The molecule has 0 aromatic heterocycles. The maximum absolute atomic E-state index is 11.1. The number of hydrogen-bond donors (Lipinski definition) is 2. The normalized spacial score (nSPS) is 12.3. The molecule has 2 N–H and O–H groups in total. The Balaban J connectivity index is 4.36. The van der Waals surface area contributed by atoms with E-state index in [0.29, 0.717) is 11.4 Å². The Hall–Kier alpha value is -1.58. The molecule has 4 heteroatoms. The summed E-state index contributed by atoms with van der Waals surface area (Å²) in [5, 5.41) is 5.22. The van der Waals surface area contributed by atoms with E-state index in [1.807, 2.05) is 0 Å². The van der Waals surface area contributed by atoms with Crippen molar-refractivity contribution in [3.8, 4) is 0 Å². The second kappa shape index (κ2) is 5.96. The van der Waals surface area contributed by atoms with Crippen molar-refractivity contribution in [2.75, 3.05) is 0 Å². The largest absolute Gasteiger partial charge is 0.329 e. The molecule has 0 aliphatic carbocycles. The Morgan fingerprint density at radius 3 is 1.93 bits per heavy atom. The summed E-state index contributed by atoms with van der Waals surface area (Å²) in [4.78, 5) is 21.8. The van der Waals surface area contributed by atoms with Gasteiger partial charge in [-0.15, -0.1) is 0 Å². The molecule has 0 fully saturated rings. The lowest BCUT2D eigenvalue weighted by Crippen LogP contribution is -2.26. The molecular formula is C10H16N2O2. The molecule has 2 amide bonds. The molecule has 0 spiro atoms. The highest BCUT2D eigenvalue weighted by molar-refractivity contribution is 5.88. The van der Waals surface area contributed by atoms with Gasteiger partial charge in [0.2, 0.25) is 11.8 Å². The molecule has 0 unspecified atom stereocenters. The Labute approximate surface area is 84.1 Å². The summed E-state index contributed by atoms with van der Waals surface area (Å²) in [5.41, 5.74) is 1.29. The van der Waals surface area contributed by atoms with Gasteiger partial charge in [0.25, 0.3) is 0 Å². The summed E-state index contributed by atoms with van der Waals surface area (Å²) in [6.45, 7) is 6.64. The monoisotopic (exact) mass is 196 g/mol. The average molecular weight is 196 g/mol. The number of rotatable bonds is 3. The summed E-state index contributed by atoms with van der Waals surface area (Å²) in [6, 6.07) is 0. The molecule has 0 aliphatic heterocycles. The van der Waals surface area contributed by atoms with Gasteiger partial charge >= 0.3 is 0 Å². The predicted molar refractivity (Wildman–Crippen MR) is 55.1 cm³/mol. The standard InChI is InChI=1S/C10H16N2O2/c1-5-6-10(14)12-8(3)7(2)11-9(4)13/h5-6H,1-4H3,(H,11,13)(H,12,14)/b6-5-,8-7-. The van der Waals surface area contributed by atoms with E-state index in [9.17, 15) is 9.59 Å². The summed E-state index contributed by atoms with van der Waals surface area (Å²) >= 11 is 0. The van der Waals surface area contributed by atoms with Crippen LogP contribution in [0.25, 0.3) is 0 Å². The lowest BCUT2D eigenvalue weighted by Gasteiger charge is -2.08. The van der Waals surface area contributed by atoms with Crippen LogP contribution in [0.5, 0.6) is 0 Å². The van der Waals surface area contributed by atoms with Crippen molar-refractivity contribution < 1.29 is 9.59 Å². The molecule has 4 nitrogen and oxygen atoms in total. The van der Waals surface area contributed by atoms with Crippen LogP contribution >= 0.6 is 0 Å². The molecule has 0 saturated heterocycles. The third-order valence-corrected chi connectivity index (χ3v) is 1.55. The summed E-state index contributed by atoms with van der Waals surface area (Å²) in [7, 11) is 0. The van der Waals surface area contributed by atoms with Crippen molar-refractivity contribution in [2.24, 2.45) is 0 Å². The summed E-state index contributed by atoms with van der Waals surface area (Å²) < 4.78 is 0. The second-order valence-electron chi connectivity index (χ2n) is 2.92. The van der Waals surface area contributed by atoms with Crippen LogP contribution in [0.3, 0.4) is 0 Å². The molecule has 0 rings (SSSR count). The molecule has 0 aromatic carbocycles. The summed E-state index contributed by atoms with van der Waals surface area (Å²) in [6.07, 6.45) is 3.07. The van der Waals surface area contributed by atoms with Crippen molar-refractivity contribution in [1.29, 1.82) is 0 Å². The Kier molecular flexibility index (Phi) is 5.29. The fourth-order valence-corrected chi connectivity index (χ4v) is 0.829. The highest BCUT2D eigenvalue weighted by atomic mass is 16.2. The van der Waals surface area contributed by atoms with E-state index in [0.717, 1.165) is 0 Å². The van der Waals surface area contributed by atoms with Crippen molar-refractivity contribution in [3.05, 3.63) is 23.5 Å². The molecule has 0 radical (unpaired) electrons. The topological polar surface area (TPSA) is 58.2 Å². The van der Waals surface area contributed by atoms with Crippen LogP contribution in [-0.4, -0.2) is 11.8 Å². The lowest BCUT2D eigenvalue weighted by molar-refractivity contribution is -0.118. The van der Waals surface area contributed by atoms with Crippen LogP contribution in [0.4, 0.5) is 0 Å². The van der Waals surface area contributed by atoms with Gasteiger partial charge in [0.1, 0.15) is 0 Å². The molecule has 0 aliphatic rings. The van der Waals surface area contributed by atoms with Crippen LogP contribution in [-0.2, 0) is 9.59 Å². The first-order valence-electron chi connectivity index (χ1n) is 4.36. The van der Waals surface area contributed by atoms with E-state index in [2.05, 4.69) is 10.6 Å². The van der Waals surface area contributed by atoms with Gasteiger partial charge in [-0.25, -0.2) is 0 Å². The maximum Gasteiger partial charge on any atom is 0.247 e. The number of carbonyl (C=O) groups is 2. The van der Waals surface area contributed by atoms with E-state index >= 15 is 0 Å². The van der Waals surface area contributed by atoms with E-state index in [-0.39, 0.29) is 11.8 Å². The van der Waals surface area contributed by atoms with Gasteiger partial charge in [-0.05, 0) is 26.8 Å². The molecule has 0 bridgehead atoms. The van der Waals surface area contributed by atoms with E-state index in [4.69, 9.17) is 0 Å². The molecule has 14 heavy (non-hydrogen) atoms. The average Bonchev–Trinajstić information content (AvgIpc) is 2.02. The zero-order chi connectivity index (χ0) is 11.1. The predicted octanol–water partition coefficient (Wildman–Crippen LogP) is 1.07. The first-order valence-corrected chi connectivity index (χ1v) is 4.36. The molecule has 0 atom stereocenters. The minimum atomic E-state index is -0.199. The molecule has 0 aromatic rings. The third kappa shape index (κ3) is 5.13.